The van der Waals surface area contributed by atoms with Gasteiger partial charge in [0.25, 0.3) is 0 Å². The molecule has 0 spiro atoms. The van der Waals surface area contributed by atoms with Gasteiger partial charge < -0.3 is 0 Å². The Kier molecular flexibility index (Phi) is 5.34. The highest BCUT2D eigenvalue weighted by Gasteiger charge is 2.05. The highest BCUT2D eigenvalue weighted by atomic mass is 35.5. The first-order chi connectivity index (χ1) is 5.17. The van der Waals surface area contributed by atoms with Crippen molar-refractivity contribution in [3.05, 3.63) is 34.5 Å². The Hall–Kier alpha value is -0.210. The van der Waals surface area contributed by atoms with Crippen LogP contribution in [0, 0.1) is 0 Å². The number of halogens is 2. The fourth-order valence-corrected chi connectivity index (χ4v) is 1.45. The van der Waals surface area contributed by atoms with Crippen LogP contribution in [0.4, 0.5) is 4.39 Å². The molecule has 0 atom stereocenters. The smallest absolute Gasteiger partial charge is 0.134 e. The third kappa shape index (κ3) is 3.12. The van der Waals surface area contributed by atoms with Crippen LogP contribution in [-0.4, -0.2) is 6.26 Å². The lowest BCUT2D eigenvalue weighted by atomic mass is 10.4. The first kappa shape index (κ1) is 10.8. The Morgan fingerprint density at radius 2 is 2.18 bits per heavy atom. The van der Waals surface area contributed by atoms with Crippen LogP contribution in [0.1, 0.15) is 6.92 Å². The van der Waals surface area contributed by atoms with Crippen molar-refractivity contribution >= 4 is 23.4 Å². The van der Waals surface area contributed by atoms with Crippen LogP contribution < -0.4 is 0 Å². The summed E-state index contributed by atoms with van der Waals surface area (Å²) in [6.45, 7) is 5.07. The Morgan fingerprint density at radius 3 is 2.45 bits per heavy atom. The van der Waals surface area contributed by atoms with Gasteiger partial charge in [-0.1, -0.05) is 24.3 Å². The zero-order valence-electron chi connectivity index (χ0n) is 6.53. The molecule has 0 saturated carbocycles. The van der Waals surface area contributed by atoms with E-state index in [4.69, 9.17) is 11.6 Å². The first-order valence-corrected chi connectivity index (χ1v) is 4.66. The molecule has 0 N–H and O–H groups in total. The summed E-state index contributed by atoms with van der Waals surface area (Å²) >= 11 is 6.93. The molecule has 3 heteroatoms. The molecule has 0 heterocycles. The van der Waals surface area contributed by atoms with Gasteiger partial charge in [-0.25, -0.2) is 4.39 Å². The van der Waals surface area contributed by atoms with Crippen LogP contribution in [0.5, 0.6) is 0 Å². The average Bonchev–Trinajstić information content (AvgIpc) is 2.05. The number of rotatable bonds is 3. The summed E-state index contributed by atoms with van der Waals surface area (Å²) in [7, 11) is 0. The third-order valence-electron chi connectivity index (χ3n) is 1.07. The first-order valence-electron chi connectivity index (χ1n) is 3.05. The molecule has 0 aromatic rings. The Morgan fingerprint density at radius 1 is 1.64 bits per heavy atom. The minimum absolute atomic E-state index is 0.303. The van der Waals surface area contributed by atoms with Gasteiger partial charge in [-0.2, -0.15) is 0 Å². The SMILES string of the molecule is C=CC(Cl)=C(SC)C(F)=CC. The number of hydrogen-bond acceptors (Lipinski definition) is 1. The molecule has 0 nitrogen and oxygen atoms in total. The lowest BCUT2D eigenvalue weighted by Crippen LogP contribution is -1.79. The Balaban J connectivity index is 4.79. The fourth-order valence-electron chi connectivity index (χ4n) is 0.533. The summed E-state index contributed by atoms with van der Waals surface area (Å²) in [6.07, 6.45) is 4.57. The van der Waals surface area contributed by atoms with Gasteiger partial charge in [0.2, 0.25) is 0 Å². The fraction of sp³-hybridized carbons (Fsp3) is 0.250. The minimum atomic E-state index is -0.303. The van der Waals surface area contributed by atoms with Crippen molar-refractivity contribution in [1.82, 2.24) is 0 Å². The van der Waals surface area contributed by atoms with Gasteiger partial charge in [0.1, 0.15) is 5.83 Å². The standard InChI is InChI=1S/C8H10ClFS/c1-4-6(9)8(11-3)7(10)5-2/h4-5H,1H2,2-3H3. The van der Waals surface area contributed by atoms with Crippen molar-refractivity contribution < 1.29 is 4.39 Å². The van der Waals surface area contributed by atoms with Crippen molar-refractivity contribution in [2.45, 2.75) is 6.92 Å². The summed E-state index contributed by atoms with van der Waals surface area (Å²) < 4.78 is 12.9. The van der Waals surface area contributed by atoms with E-state index in [0.29, 0.717) is 9.94 Å². The normalized spacial score (nSPS) is 14.4. The molecule has 62 valence electrons. The average molecular weight is 193 g/mol. The van der Waals surface area contributed by atoms with Gasteiger partial charge in [-0.15, -0.1) is 11.8 Å². The van der Waals surface area contributed by atoms with Gasteiger partial charge >= 0.3 is 0 Å². The highest BCUT2D eigenvalue weighted by molar-refractivity contribution is 8.02. The molecular formula is C8H10ClFS. The second-order valence-electron chi connectivity index (χ2n) is 1.72. The maximum atomic E-state index is 12.9. The van der Waals surface area contributed by atoms with Gasteiger partial charge in [-0.3, -0.25) is 0 Å². The summed E-state index contributed by atoms with van der Waals surface area (Å²) in [5.74, 6) is -0.303. The summed E-state index contributed by atoms with van der Waals surface area (Å²) in [6, 6.07) is 0. The van der Waals surface area contributed by atoms with Gasteiger partial charge in [0.15, 0.2) is 0 Å². The molecule has 0 aliphatic rings. The van der Waals surface area contributed by atoms with E-state index in [9.17, 15) is 4.39 Å². The molecule has 0 aliphatic heterocycles. The number of hydrogen-bond donors (Lipinski definition) is 0. The van der Waals surface area contributed by atoms with E-state index in [2.05, 4.69) is 6.58 Å². The quantitative estimate of drug-likeness (QED) is 0.612. The molecule has 0 bridgehead atoms. The molecule has 0 aromatic carbocycles. The number of thioether (sulfide) groups is 1. The predicted molar refractivity (Wildman–Crippen MR) is 51.5 cm³/mol. The number of allylic oxidation sites excluding steroid dienone is 4. The Bertz CT molecular complexity index is 206. The molecule has 0 unspecified atom stereocenters. The van der Waals surface area contributed by atoms with Crippen LogP contribution in [0.2, 0.25) is 0 Å². The second-order valence-corrected chi connectivity index (χ2v) is 2.95. The molecule has 11 heavy (non-hydrogen) atoms. The molecule has 0 fully saturated rings. The lowest BCUT2D eigenvalue weighted by molar-refractivity contribution is 0.661. The topological polar surface area (TPSA) is 0 Å². The van der Waals surface area contributed by atoms with Gasteiger partial charge in [0.05, 0.1) is 9.94 Å². The third-order valence-corrected chi connectivity index (χ3v) is 2.35. The van der Waals surface area contributed by atoms with Crippen LogP contribution in [0.15, 0.2) is 34.5 Å². The zero-order chi connectivity index (χ0) is 8.85. The highest BCUT2D eigenvalue weighted by Crippen LogP contribution is 2.28. The molecule has 0 aliphatic carbocycles. The zero-order valence-corrected chi connectivity index (χ0v) is 8.10. The van der Waals surface area contributed by atoms with E-state index in [1.54, 1.807) is 13.2 Å². The van der Waals surface area contributed by atoms with Crippen molar-refractivity contribution in [3.63, 3.8) is 0 Å². The summed E-state index contributed by atoms with van der Waals surface area (Å²) in [4.78, 5) is 0.434. The predicted octanol–water partition coefficient (Wildman–Crippen LogP) is 3.86. The maximum Gasteiger partial charge on any atom is 0.134 e. The van der Waals surface area contributed by atoms with E-state index in [0.717, 1.165) is 0 Å². The lowest BCUT2D eigenvalue weighted by Gasteiger charge is -2.00. The maximum absolute atomic E-state index is 12.9. The largest absolute Gasteiger partial charge is 0.206 e. The van der Waals surface area contributed by atoms with E-state index >= 15 is 0 Å². The van der Waals surface area contributed by atoms with Crippen LogP contribution in [-0.2, 0) is 0 Å². The monoisotopic (exact) mass is 192 g/mol. The van der Waals surface area contributed by atoms with Crippen LogP contribution >= 0.6 is 23.4 Å². The van der Waals surface area contributed by atoms with Crippen LogP contribution in [0.3, 0.4) is 0 Å². The Labute approximate surface area is 75.8 Å². The molecule has 0 rings (SSSR count). The van der Waals surface area contributed by atoms with E-state index in [-0.39, 0.29) is 5.83 Å². The molecular weight excluding hydrogens is 183 g/mol. The minimum Gasteiger partial charge on any atom is -0.206 e. The van der Waals surface area contributed by atoms with E-state index in [1.807, 2.05) is 0 Å². The van der Waals surface area contributed by atoms with Gasteiger partial charge in [0, 0.05) is 0 Å². The van der Waals surface area contributed by atoms with Crippen LogP contribution in [0.25, 0.3) is 0 Å². The van der Waals surface area contributed by atoms with Crippen molar-refractivity contribution in [1.29, 1.82) is 0 Å². The van der Waals surface area contributed by atoms with Gasteiger partial charge in [-0.05, 0) is 19.3 Å². The molecule has 0 amide bonds. The van der Waals surface area contributed by atoms with E-state index in [1.165, 1.54) is 23.9 Å². The molecule has 0 aromatic heterocycles. The van der Waals surface area contributed by atoms with Crippen molar-refractivity contribution in [3.8, 4) is 0 Å². The summed E-state index contributed by atoms with van der Waals surface area (Å²) in [5, 5.41) is 0.355. The molecule has 0 radical (unpaired) electrons. The molecule has 0 saturated heterocycles. The second kappa shape index (κ2) is 5.44. The summed E-state index contributed by atoms with van der Waals surface area (Å²) in [5.41, 5.74) is 0. The van der Waals surface area contributed by atoms with E-state index < -0.39 is 0 Å². The van der Waals surface area contributed by atoms with Crippen molar-refractivity contribution in [2.24, 2.45) is 0 Å². The van der Waals surface area contributed by atoms with Crippen molar-refractivity contribution in [2.75, 3.05) is 6.26 Å².